The molecule has 1 rings (SSSR count). The minimum absolute atomic E-state index is 0.179. The van der Waals surface area contributed by atoms with Crippen LogP contribution < -0.4 is 5.73 Å². The molecule has 0 spiro atoms. The fourth-order valence-electron chi connectivity index (χ4n) is 1.74. The highest BCUT2D eigenvalue weighted by molar-refractivity contribution is 5.91. The summed E-state index contributed by atoms with van der Waals surface area (Å²) in [6.45, 7) is 3.50. The van der Waals surface area contributed by atoms with Crippen LogP contribution >= 0.6 is 0 Å². The molecule has 0 bridgehead atoms. The van der Waals surface area contributed by atoms with Crippen LogP contribution in [0.2, 0.25) is 0 Å². The molecule has 4 nitrogen and oxygen atoms in total. The molecule has 90 valence electrons. The van der Waals surface area contributed by atoms with Gasteiger partial charge in [-0.1, -0.05) is 24.3 Å². The quantitative estimate of drug-likeness (QED) is 0.833. The van der Waals surface area contributed by atoms with Crippen molar-refractivity contribution in [2.24, 2.45) is 5.73 Å². The van der Waals surface area contributed by atoms with Gasteiger partial charge in [-0.25, -0.2) is 4.79 Å². The Bertz CT molecular complexity index is 466. The number of rotatable bonds is 4. The standard InChI is InChI=1S/C13H15NO3/c1-8-6-10(4-3-5-11(14)15)7-9(2)12(8)13(16)17/h3-4,6-7H,5H2,1-2H3,(H2,14,15)(H,16,17). The molecule has 17 heavy (non-hydrogen) atoms. The summed E-state index contributed by atoms with van der Waals surface area (Å²) >= 11 is 0. The van der Waals surface area contributed by atoms with Crippen LogP contribution in [0, 0.1) is 13.8 Å². The summed E-state index contributed by atoms with van der Waals surface area (Å²) in [7, 11) is 0. The van der Waals surface area contributed by atoms with Crippen LogP contribution in [0.4, 0.5) is 0 Å². The van der Waals surface area contributed by atoms with Gasteiger partial charge in [-0.15, -0.1) is 0 Å². The minimum Gasteiger partial charge on any atom is -0.478 e. The average Bonchev–Trinajstić information content (AvgIpc) is 2.14. The maximum absolute atomic E-state index is 11.0. The molecular weight excluding hydrogens is 218 g/mol. The van der Waals surface area contributed by atoms with Gasteiger partial charge < -0.3 is 10.8 Å². The Morgan fingerprint density at radius 3 is 2.24 bits per heavy atom. The van der Waals surface area contributed by atoms with Crippen LogP contribution in [0.1, 0.15) is 33.5 Å². The number of nitrogens with two attached hydrogens (primary N) is 1. The molecule has 0 saturated carbocycles. The van der Waals surface area contributed by atoms with E-state index in [1.807, 2.05) is 0 Å². The van der Waals surface area contributed by atoms with E-state index in [4.69, 9.17) is 10.8 Å². The third-order valence-electron chi connectivity index (χ3n) is 2.40. The molecule has 0 aliphatic rings. The molecule has 4 heteroatoms. The second-order valence-electron chi connectivity index (χ2n) is 3.91. The van der Waals surface area contributed by atoms with Crippen LogP contribution in [0.3, 0.4) is 0 Å². The highest BCUT2D eigenvalue weighted by atomic mass is 16.4. The molecular formula is C13H15NO3. The number of carboxylic acids is 1. The van der Waals surface area contributed by atoms with E-state index in [1.165, 1.54) is 0 Å². The lowest BCUT2D eigenvalue weighted by atomic mass is 9.99. The predicted molar refractivity (Wildman–Crippen MR) is 65.7 cm³/mol. The lowest BCUT2D eigenvalue weighted by molar-refractivity contribution is -0.117. The van der Waals surface area contributed by atoms with Gasteiger partial charge in [-0.2, -0.15) is 0 Å². The van der Waals surface area contributed by atoms with Gasteiger partial charge in [-0.05, 0) is 30.5 Å². The first-order valence-corrected chi connectivity index (χ1v) is 5.21. The zero-order valence-electron chi connectivity index (χ0n) is 9.86. The number of amides is 1. The van der Waals surface area contributed by atoms with E-state index in [-0.39, 0.29) is 6.42 Å². The number of benzene rings is 1. The first-order chi connectivity index (χ1) is 7.91. The number of carbonyl (C=O) groups excluding carboxylic acids is 1. The monoisotopic (exact) mass is 233 g/mol. The molecule has 0 aromatic heterocycles. The van der Waals surface area contributed by atoms with Gasteiger partial charge in [0, 0.05) is 6.42 Å². The van der Waals surface area contributed by atoms with E-state index in [0.717, 1.165) is 5.56 Å². The van der Waals surface area contributed by atoms with Crippen molar-refractivity contribution in [3.63, 3.8) is 0 Å². The minimum atomic E-state index is -0.923. The largest absolute Gasteiger partial charge is 0.478 e. The van der Waals surface area contributed by atoms with Crippen LogP contribution in [-0.4, -0.2) is 17.0 Å². The number of carboxylic acid groups (broad SMARTS) is 1. The van der Waals surface area contributed by atoms with Crippen molar-refractivity contribution in [1.82, 2.24) is 0 Å². The van der Waals surface area contributed by atoms with Gasteiger partial charge in [0.05, 0.1) is 5.56 Å². The Morgan fingerprint density at radius 1 is 1.29 bits per heavy atom. The van der Waals surface area contributed by atoms with Gasteiger partial charge in [0.15, 0.2) is 0 Å². The van der Waals surface area contributed by atoms with Crippen molar-refractivity contribution < 1.29 is 14.7 Å². The average molecular weight is 233 g/mol. The Kier molecular flexibility index (Phi) is 4.04. The first-order valence-electron chi connectivity index (χ1n) is 5.21. The predicted octanol–water partition coefficient (Wildman–Crippen LogP) is 1.89. The second-order valence-corrected chi connectivity index (χ2v) is 3.91. The van der Waals surface area contributed by atoms with Crippen molar-refractivity contribution in [1.29, 1.82) is 0 Å². The van der Waals surface area contributed by atoms with Crippen LogP contribution in [0.5, 0.6) is 0 Å². The Balaban J connectivity index is 3.02. The Hall–Kier alpha value is -2.10. The number of aromatic carboxylic acids is 1. The van der Waals surface area contributed by atoms with Gasteiger partial charge in [0.2, 0.25) is 5.91 Å². The molecule has 0 radical (unpaired) electrons. The lowest BCUT2D eigenvalue weighted by Crippen LogP contribution is -2.08. The summed E-state index contributed by atoms with van der Waals surface area (Å²) in [5.41, 5.74) is 7.62. The van der Waals surface area contributed by atoms with Crippen molar-refractivity contribution in [3.8, 4) is 0 Å². The molecule has 0 aliphatic carbocycles. The van der Waals surface area contributed by atoms with E-state index in [2.05, 4.69) is 0 Å². The first kappa shape index (κ1) is 13.0. The number of primary amides is 1. The molecule has 3 N–H and O–H groups in total. The lowest BCUT2D eigenvalue weighted by Gasteiger charge is -2.06. The summed E-state index contributed by atoms with van der Waals surface area (Å²) in [6.07, 6.45) is 3.60. The molecule has 1 aromatic rings. The fourth-order valence-corrected chi connectivity index (χ4v) is 1.74. The highest BCUT2D eigenvalue weighted by Gasteiger charge is 2.10. The smallest absolute Gasteiger partial charge is 0.336 e. The third-order valence-corrected chi connectivity index (χ3v) is 2.40. The van der Waals surface area contributed by atoms with Gasteiger partial charge in [0.25, 0.3) is 0 Å². The zero-order valence-corrected chi connectivity index (χ0v) is 9.86. The molecule has 0 saturated heterocycles. The summed E-state index contributed by atoms with van der Waals surface area (Å²) in [4.78, 5) is 21.5. The van der Waals surface area contributed by atoms with Crippen LogP contribution in [-0.2, 0) is 4.79 Å². The molecule has 0 heterocycles. The second kappa shape index (κ2) is 5.30. The molecule has 0 atom stereocenters. The molecule has 0 fully saturated rings. The van der Waals surface area contributed by atoms with Crippen molar-refractivity contribution in [2.75, 3.05) is 0 Å². The topological polar surface area (TPSA) is 80.4 Å². The summed E-state index contributed by atoms with van der Waals surface area (Å²) in [6, 6.07) is 3.54. The fraction of sp³-hybridized carbons (Fsp3) is 0.231. The van der Waals surface area contributed by atoms with Crippen LogP contribution in [0.25, 0.3) is 6.08 Å². The molecule has 0 unspecified atom stereocenters. The highest BCUT2D eigenvalue weighted by Crippen LogP contribution is 2.17. The third kappa shape index (κ3) is 3.45. The van der Waals surface area contributed by atoms with E-state index in [9.17, 15) is 9.59 Å². The van der Waals surface area contributed by atoms with E-state index in [1.54, 1.807) is 38.1 Å². The van der Waals surface area contributed by atoms with Gasteiger partial charge in [0.1, 0.15) is 0 Å². The maximum Gasteiger partial charge on any atom is 0.336 e. The van der Waals surface area contributed by atoms with Gasteiger partial charge in [-0.3, -0.25) is 4.79 Å². The summed E-state index contributed by atoms with van der Waals surface area (Å²) in [5, 5.41) is 9.01. The number of carbonyl (C=O) groups is 2. The molecule has 1 amide bonds. The summed E-state index contributed by atoms with van der Waals surface area (Å²) < 4.78 is 0. The normalized spacial score (nSPS) is 10.7. The van der Waals surface area contributed by atoms with Crippen molar-refractivity contribution >= 4 is 18.0 Å². The van der Waals surface area contributed by atoms with E-state index >= 15 is 0 Å². The Labute approximate surface area is 99.8 Å². The van der Waals surface area contributed by atoms with Crippen molar-refractivity contribution in [3.05, 3.63) is 40.5 Å². The molecule has 0 aliphatic heterocycles. The Morgan fingerprint density at radius 2 is 1.82 bits per heavy atom. The maximum atomic E-state index is 11.0. The van der Waals surface area contributed by atoms with Crippen LogP contribution in [0.15, 0.2) is 18.2 Å². The van der Waals surface area contributed by atoms with Crippen molar-refractivity contribution in [2.45, 2.75) is 20.3 Å². The molecule has 1 aromatic carbocycles. The SMILES string of the molecule is Cc1cc(C=CCC(N)=O)cc(C)c1C(=O)O. The number of aryl methyl sites for hydroxylation is 2. The number of hydrogen-bond donors (Lipinski definition) is 2. The van der Waals surface area contributed by atoms with E-state index in [0.29, 0.717) is 16.7 Å². The van der Waals surface area contributed by atoms with E-state index < -0.39 is 11.9 Å². The summed E-state index contributed by atoms with van der Waals surface area (Å²) in [5.74, 6) is -1.32. The number of hydrogen-bond acceptors (Lipinski definition) is 2. The zero-order chi connectivity index (χ0) is 13.0. The van der Waals surface area contributed by atoms with Gasteiger partial charge >= 0.3 is 5.97 Å².